The van der Waals surface area contributed by atoms with Gasteiger partial charge < -0.3 is 19.5 Å². The molecule has 2 unspecified atom stereocenters. The van der Waals surface area contributed by atoms with Gasteiger partial charge in [0.1, 0.15) is 11.5 Å². The first kappa shape index (κ1) is 24.3. The molecule has 0 spiro atoms. The summed E-state index contributed by atoms with van der Waals surface area (Å²) in [5.41, 5.74) is 1.23. The summed E-state index contributed by atoms with van der Waals surface area (Å²) < 4.78 is 11.5. The molecule has 6 nitrogen and oxygen atoms in total. The Morgan fingerprint density at radius 2 is 1.85 bits per heavy atom. The van der Waals surface area contributed by atoms with Crippen LogP contribution in [0.3, 0.4) is 0 Å². The van der Waals surface area contributed by atoms with Gasteiger partial charge in [0.15, 0.2) is 0 Å². The topological polar surface area (TPSA) is 76.1 Å². The number of unbranched alkanes of at least 4 members (excludes halogenated alkanes) is 2. The van der Waals surface area contributed by atoms with E-state index < -0.39 is 17.7 Å². The fourth-order valence-electron chi connectivity index (χ4n) is 4.47. The van der Waals surface area contributed by atoms with Crippen LogP contribution in [0.5, 0.6) is 5.75 Å². The van der Waals surface area contributed by atoms with Crippen molar-refractivity contribution in [3.63, 3.8) is 0 Å². The van der Waals surface area contributed by atoms with Gasteiger partial charge in [-0.3, -0.25) is 9.59 Å². The number of Topliss-reactive ketones (excluding diaryl/α,β-unsaturated/α-hetero) is 1. The maximum absolute atomic E-state index is 13.1. The molecule has 0 aliphatic carbocycles. The molecule has 2 aromatic rings. The van der Waals surface area contributed by atoms with Gasteiger partial charge in [0.25, 0.3) is 11.7 Å². The van der Waals surface area contributed by atoms with Gasteiger partial charge >= 0.3 is 0 Å². The van der Waals surface area contributed by atoms with Crippen LogP contribution in [0.25, 0.3) is 5.76 Å². The Hall–Kier alpha value is -2.83. The molecular weight excluding hydrogens is 454 g/mol. The summed E-state index contributed by atoms with van der Waals surface area (Å²) >= 11 is 6.07. The Morgan fingerprint density at radius 1 is 1.12 bits per heavy atom. The van der Waals surface area contributed by atoms with Gasteiger partial charge in [0, 0.05) is 23.7 Å². The average molecular weight is 484 g/mol. The second-order valence-electron chi connectivity index (χ2n) is 8.72. The van der Waals surface area contributed by atoms with E-state index in [-0.39, 0.29) is 17.4 Å². The molecule has 0 radical (unpaired) electrons. The number of hydrogen-bond acceptors (Lipinski definition) is 5. The van der Waals surface area contributed by atoms with Crippen LogP contribution in [0, 0.1) is 0 Å². The van der Waals surface area contributed by atoms with E-state index in [1.807, 2.05) is 0 Å². The predicted molar refractivity (Wildman–Crippen MR) is 131 cm³/mol. The minimum absolute atomic E-state index is 0.0712. The summed E-state index contributed by atoms with van der Waals surface area (Å²) in [4.78, 5) is 27.7. The first-order chi connectivity index (χ1) is 16.5. The zero-order valence-electron chi connectivity index (χ0n) is 19.3. The van der Waals surface area contributed by atoms with Crippen molar-refractivity contribution in [1.82, 2.24) is 4.90 Å². The van der Waals surface area contributed by atoms with E-state index in [4.69, 9.17) is 21.1 Å². The van der Waals surface area contributed by atoms with E-state index in [0.29, 0.717) is 41.7 Å². The zero-order chi connectivity index (χ0) is 24.1. The van der Waals surface area contributed by atoms with Crippen molar-refractivity contribution in [2.75, 3.05) is 19.8 Å². The lowest BCUT2D eigenvalue weighted by atomic mass is 9.95. The molecule has 2 heterocycles. The minimum Gasteiger partial charge on any atom is -0.507 e. The van der Waals surface area contributed by atoms with Crippen LogP contribution in [0.15, 0.2) is 54.1 Å². The number of hydrogen-bond donors (Lipinski definition) is 1. The van der Waals surface area contributed by atoms with E-state index in [1.54, 1.807) is 48.5 Å². The Bertz CT molecular complexity index is 1040. The van der Waals surface area contributed by atoms with Crippen LogP contribution in [0.2, 0.25) is 5.02 Å². The lowest BCUT2D eigenvalue weighted by molar-refractivity contribution is -0.140. The number of amides is 1. The maximum atomic E-state index is 13.1. The fraction of sp³-hybridized carbons (Fsp3) is 0.407. The highest BCUT2D eigenvalue weighted by atomic mass is 35.5. The van der Waals surface area contributed by atoms with Crippen LogP contribution in [-0.2, 0) is 14.3 Å². The second-order valence-corrected chi connectivity index (χ2v) is 9.15. The van der Waals surface area contributed by atoms with Gasteiger partial charge in [-0.15, -0.1) is 0 Å². The summed E-state index contributed by atoms with van der Waals surface area (Å²) in [5.74, 6) is -0.838. The molecule has 1 amide bonds. The highest BCUT2D eigenvalue weighted by Gasteiger charge is 2.47. The van der Waals surface area contributed by atoms with Gasteiger partial charge in [0.05, 0.1) is 24.3 Å². The van der Waals surface area contributed by atoms with Crippen molar-refractivity contribution in [3.8, 4) is 5.75 Å². The third kappa shape index (κ3) is 5.29. The number of carbonyl (C=O) groups excluding carboxylic acids is 2. The van der Waals surface area contributed by atoms with E-state index >= 15 is 0 Å². The quantitative estimate of drug-likeness (QED) is 0.220. The second kappa shape index (κ2) is 11.1. The van der Waals surface area contributed by atoms with Gasteiger partial charge in [0.2, 0.25) is 0 Å². The van der Waals surface area contributed by atoms with E-state index in [9.17, 15) is 14.7 Å². The number of ketones is 1. The largest absolute Gasteiger partial charge is 0.507 e. The lowest BCUT2D eigenvalue weighted by Crippen LogP contribution is -2.36. The third-order valence-corrected chi connectivity index (χ3v) is 6.55. The number of rotatable bonds is 9. The number of halogens is 1. The Kier molecular flexibility index (Phi) is 7.91. The average Bonchev–Trinajstić information content (AvgIpc) is 3.45. The summed E-state index contributed by atoms with van der Waals surface area (Å²) in [6.45, 7) is 3.70. The lowest BCUT2D eigenvalue weighted by Gasteiger charge is -2.27. The van der Waals surface area contributed by atoms with E-state index in [2.05, 4.69) is 6.92 Å². The SMILES string of the molecule is CCCCCOc1ccc(/C(O)=C2/C(=O)C(=O)N(CC3CCCO3)C2c2ccc(Cl)cc2)cc1. The Morgan fingerprint density at radius 3 is 2.50 bits per heavy atom. The molecule has 7 heteroatoms. The van der Waals surface area contributed by atoms with Crippen LogP contribution >= 0.6 is 11.6 Å². The monoisotopic (exact) mass is 483 g/mol. The number of aliphatic hydroxyl groups excluding tert-OH is 1. The highest BCUT2D eigenvalue weighted by molar-refractivity contribution is 6.46. The van der Waals surface area contributed by atoms with Crippen molar-refractivity contribution in [2.24, 2.45) is 0 Å². The summed E-state index contributed by atoms with van der Waals surface area (Å²) in [6.07, 6.45) is 4.83. The highest BCUT2D eigenvalue weighted by Crippen LogP contribution is 2.40. The van der Waals surface area contributed by atoms with Crippen LogP contribution in [-0.4, -0.2) is 47.6 Å². The molecule has 1 N–H and O–H groups in total. The molecule has 180 valence electrons. The fourth-order valence-corrected chi connectivity index (χ4v) is 4.60. The Labute approximate surface area is 205 Å². The van der Waals surface area contributed by atoms with Gasteiger partial charge in [-0.05, 0) is 61.2 Å². The number of carbonyl (C=O) groups is 2. The van der Waals surface area contributed by atoms with Crippen LogP contribution in [0.4, 0.5) is 0 Å². The van der Waals surface area contributed by atoms with Crippen molar-refractivity contribution in [2.45, 2.75) is 51.2 Å². The molecule has 2 fully saturated rings. The smallest absolute Gasteiger partial charge is 0.295 e. The normalized spacial score (nSPS) is 21.9. The van der Waals surface area contributed by atoms with Crippen molar-refractivity contribution < 1.29 is 24.2 Å². The van der Waals surface area contributed by atoms with Gasteiger partial charge in [-0.1, -0.05) is 43.5 Å². The number of aliphatic hydroxyl groups is 1. The molecule has 34 heavy (non-hydrogen) atoms. The predicted octanol–water partition coefficient (Wildman–Crippen LogP) is 5.51. The first-order valence-corrected chi connectivity index (χ1v) is 12.3. The molecule has 0 saturated carbocycles. The van der Waals surface area contributed by atoms with E-state index in [1.165, 1.54) is 4.90 Å². The number of benzene rings is 2. The number of likely N-dealkylation sites (tertiary alicyclic amines) is 1. The summed E-state index contributed by atoms with van der Waals surface area (Å²) in [5, 5.41) is 11.7. The van der Waals surface area contributed by atoms with Gasteiger partial charge in [-0.2, -0.15) is 0 Å². The number of nitrogens with zero attached hydrogens (tertiary/aromatic N) is 1. The standard InChI is InChI=1S/C27H30ClNO5/c1-2-3-4-15-33-21-13-9-19(10-14-21)25(30)23-24(18-7-11-20(28)12-8-18)29(27(32)26(23)31)17-22-6-5-16-34-22/h7-14,22,24,30H,2-6,15-17H2,1H3/b25-23-. The minimum atomic E-state index is -0.716. The van der Waals surface area contributed by atoms with Gasteiger partial charge in [-0.25, -0.2) is 0 Å². The summed E-state index contributed by atoms with van der Waals surface area (Å²) in [7, 11) is 0. The zero-order valence-corrected chi connectivity index (χ0v) is 20.1. The Balaban J connectivity index is 1.66. The summed E-state index contributed by atoms with van der Waals surface area (Å²) in [6, 6.07) is 13.2. The molecule has 0 bridgehead atoms. The molecule has 2 saturated heterocycles. The molecule has 4 rings (SSSR count). The molecular formula is C27H30ClNO5. The molecule has 2 aliphatic heterocycles. The van der Waals surface area contributed by atoms with Crippen molar-refractivity contribution in [1.29, 1.82) is 0 Å². The molecule has 2 aromatic carbocycles. The van der Waals surface area contributed by atoms with Crippen molar-refractivity contribution >= 4 is 29.1 Å². The van der Waals surface area contributed by atoms with Crippen LogP contribution < -0.4 is 4.74 Å². The first-order valence-electron chi connectivity index (χ1n) is 11.9. The maximum Gasteiger partial charge on any atom is 0.295 e. The third-order valence-electron chi connectivity index (χ3n) is 6.29. The molecule has 0 aromatic heterocycles. The van der Waals surface area contributed by atoms with E-state index in [0.717, 1.165) is 32.1 Å². The van der Waals surface area contributed by atoms with Crippen molar-refractivity contribution in [3.05, 3.63) is 70.3 Å². The molecule has 2 atom stereocenters. The number of ether oxygens (including phenoxy) is 2. The van der Waals surface area contributed by atoms with Crippen LogP contribution in [0.1, 0.15) is 56.2 Å². The molecule has 2 aliphatic rings.